The average molecular weight is 210 g/mol. The van der Waals surface area contributed by atoms with Gasteiger partial charge < -0.3 is 11.7 Å². The van der Waals surface area contributed by atoms with Crippen LogP contribution in [-0.2, 0) is 20.4 Å². The summed E-state index contributed by atoms with van der Waals surface area (Å²) in [7, 11) is 0. The molecule has 5 heavy (non-hydrogen) atoms. The predicted molar refractivity (Wildman–Crippen MR) is 23.0 cm³/mol. The third kappa shape index (κ3) is 38.2. The van der Waals surface area contributed by atoms with E-state index in [2.05, 4.69) is 5.84 Å². The fourth-order valence-corrected chi connectivity index (χ4v) is 0. The van der Waals surface area contributed by atoms with E-state index in [1.165, 1.54) is 0 Å². The zero-order chi connectivity index (χ0) is 2.00. The van der Waals surface area contributed by atoms with E-state index in [1.54, 1.807) is 0 Å². The Kier molecular flexibility index (Phi) is 465. The minimum absolute atomic E-state index is 0. The van der Waals surface area contributed by atoms with Gasteiger partial charge in [0.15, 0.2) is 0 Å². The quantitative estimate of drug-likeness (QED) is 0.358. The molecule has 0 aliphatic heterocycles. The third-order valence-corrected chi connectivity index (χ3v) is 0. The van der Waals surface area contributed by atoms with Gasteiger partial charge in [-0.15, -0.1) is 24.8 Å². The first-order chi connectivity index (χ1) is 1.00. The molecule has 0 atom stereocenters. The van der Waals surface area contributed by atoms with Gasteiger partial charge in [0.25, 0.3) is 0 Å². The van der Waals surface area contributed by atoms with Gasteiger partial charge in [-0.2, -0.15) is 0 Å². The summed E-state index contributed by atoms with van der Waals surface area (Å²) >= 11 is 0. The summed E-state index contributed by atoms with van der Waals surface area (Å²) < 4.78 is 0. The fraction of sp³-hybridized carbons (Fsp3) is 0. The van der Waals surface area contributed by atoms with E-state index >= 15 is 0 Å². The normalized spacial score (nSPS) is 1.20. The SMILES string of the molecule is Cl.Cl.[NH-]N.[Pd]. The fourth-order valence-electron chi connectivity index (χ4n) is 0. The molecule has 0 aromatic heterocycles. The number of hydrogen-bond acceptors (Lipinski definition) is 1. The van der Waals surface area contributed by atoms with E-state index < -0.39 is 0 Å². The molecule has 0 aromatic carbocycles. The standard InChI is InChI=1S/2ClH.H3N2.Pd/c;;1-2;/h2*1H;1H,2H2;/q;;-1;. The molecule has 0 heterocycles. The molecule has 0 spiro atoms. The number of halogens is 2. The van der Waals surface area contributed by atoms with Crippen LogP contribution in [0.1, 0.15) is 0 Å². The molecular formula is H5Cl2N2Pd-. The molecule has 0 aliphatic carbocycles. The minimum atomic E-state index is 0. The molecule has 0 rings (SSSR count). The van der Waals surface area contributed by atoms with Crippen molar-refractivity contribution in [3.63, 3.8) is 0 Å². The maximum Gasteiger partial charge on any atom is 0 e. The topological polar surface area (TPSA) is 49.8 Å². The van der Waals surface area contributed by atoms with E-state index in [0.29, 0.717) is 0 Å². The molecule has 40 valence electrons. The van der Waals surface area contributed by atoms with Crippen LogP contribution in [0.25, 0.3) is 5.84 Å². The first kappa shape index (κ1) is 35.1. The van der Waals surface area contributed by atoms with E-state index in [1.807, 2.05) is 0 Å². The second-order valence-electron chi connectivity index (χ2n) is 0. The summed E-state index contributed by atoms with van der Waals surface area (Å²) in [4.78, 5) is 0. The zero-order valence-electron chi connectivity index (χ0n) is 2.21. The second kappa shape index (κ2) is 66.2. The predicted octanol–water partition coefficient (Wildman–Crippen LogP) is 0.753. The molecule has 2 nitrogen and oxygen atoms in total. The number of nitrogens with one attached hydrogen (secondary N) is 1. The minimum Gasteiger partial charge on any atom is -0.615 e. The maximum absolute atomic E-state index is 5.25. The third-order valence-electron chi connectivity index (χ3n) is 0. The van der Waals surface area contributed by atoms with Crippen LogP contribution in [0, 0.1) is 0 Å². The van der Waals surface area contributed by atoms with E-state index in [4.69, 9.17) is 5.84 Å². The summed E-state index contributed by atoms with van der Waals surface area (Å²) in [5.74, 6) is 9.00. The van der Waals surface area contributed by atoms with Crippen LogP contribution in [0.15, 0.2) is 0 Å². The van der Waals surface area contributed by atoms with E-state index in [0.717, 1.165) is 0 Å². The molecule has 0 saturated heterocycles. The first-order valence-corrected chi connectivity index (χ1v) is 0.289. The van der Waals surface area contributed by atoms with Gasteiger partial charge in [0.2, 0.25) is 0 Å². The van der Waals surface area contributed by atoms with E-state index in [9.17, 15) is 0 Å². The first-order valence-electron chi connectivity index (χ1n) is 0.289. The molecule has 3 N–H and O–H groups in total. The van der Waals surface area contributed by atoms with Gasteiger partial charge in [-0.25, -0.2) is 0 Å². The van der Waals surface area contributed by atoms with Gasteiger partial charge >= 0.3 is 0 Å². The Balaban J connectivity index is -0.00000000167. The van der Waals surface area contributed by atoms with Crippen molar-refractivity contribution in [2.75, 3.05) is 0 Å². The molecule has 0 radical (unpaired) electrons. The molecule has 0 fully saturated rings. The number of nitrogens with two attached hydrogens (primary N) is 1. The van der Waals surface area contributed by atoms with Crippen molar-refractivity contribution < 1.29 is 20.4 Å². The van der Waals surface area contributed by atoms with Gasteiger partial charge in [-0.1, -0.05) is 0 Å². The largest absolute Gasteiger partial charge is 0.615 e. The Morgan fingerprint density at radius 2 is 1.00 bits per heavy atom. The molecule has 0 saturated carbocycles. The maximum atomic E-state index is 5.25. The Morgan fingerprint density at radius 1 is 1.00 bits per heavy atom. The van der Waals surface area contributed by atoms with Crippen molar-refractivity contribution in [2.45, 2.75) is 0 Å². The van der Waals surface area contributed by atoms with Crippen molar-refractivity contribution >= 4 is 24.8 Å². The molecule has 5 heteroatoms. The van der Waals surface area contributed by atoms with Crippen LogP contribution in [0.4, 0.5) is 0 Å². The average Bonchev–Trinajstić information content (AvgIpc) is 1.00. The molecule has 0 bridgehead atoms. The van der Waals surface area contributed by atoms with Crippen LogP contribution in [0.3, 0.4) is 0 Å². The van der Waals surface area contributed by atoms with Crippen molar-refractivity contribution in [3.8, 4) is 0 Å². The summed E-state index contributed by atoms with van der Waals surface area (Å²) in [6, 6.07) is 0. The van der Waals surface area contributed by atoms with Crippen LogP contribution >= 0.6 is 24.8 Å². The second-order valence-corrected chi connectivity index (χ2v) is 0. The molecule has 0 unspecified atom stereocenters. The van der Waals surface area contributed by atoms with Crippen molar-refractivity contribution in [1.82, 2.24) is 0 Å². The van der Waals surface area contributed by atoms with Gasteiger partial charge in [0.1, 0.15) is 0 Å². The van der Waals surface area contributed by atoms with Crippen molar-refractivity contribution in [2.24, 2.45) is 5.84 Å². The summed E-state index contributed by atoms with van der Waals surface area (Å²) in [5, 5.41) is 0. The van der Waals surface area contributed by atoms with Crippen molar-refractivity contribution in [1.29, 1.82) is 0 Å². The Hall–Kier alpha value is 1.16. The monoisotopic (exact) mass is 209 g/mol. The Bertz CT molecular complexity index is 7.61. The van der Waals surface area contributed by atoms with Crippen LogP contribution in [-0.4, -0.2) is 0 Å². The van der Waals surface area contributed by atoms with Crippen LogP contribution in [0.2, 0.25) is 0 Å². The Morgan fingerprint density at radius 3 is 1.00 bits per heavy atom. The van der Waals surface area contributed by atoms with Gasteiger partial charge in [0, 0.05) is 20.4 Å². The summed E-state index contributed by atoms with van der Waals surface area (Å²) in [5.41, 5.74) is 0. The number of hydrogen-bond donors (Lipinski definition) is 1. The Labute approximate surface area is 57.1 Å². The van der Waals surface area contributed by atoms with Crippen LogP contribution in [0.5, 0.6) is 0 Å². The van der Waals surface area contributed by atoms with Gasteiger partial charge in [0.05, 0.1) is 0 Å². The van der Waals surface area contributed by atoms with Crippen molar-refractivity contribution in [3.05, 3.63) is 5.84 Å². The van der Waals surface area contributed by atoms with Crippen LogP contribution < -0.4 is 5.84 Å². The summed E-state index contributed by atoms with van der Waals surface area (Å²) in [6.45, 7) is 0. The molecule has 0 aliphatic rings. The molecule has 0 amide bonds. The van der Waals surface area contributed by atoms with E-state index in [-0.39, 0.29) is 45.2 Å². The van der Waals surface area contributed by atoms with Gasteiger partial charge in [-0.05, 0) is 0 Å². The molecular weight excluding hydrogens is 205 g/mol. The van der Waals surface area contributed by atoms with Gasteiger partial charge in [-0.3, -0.25) is 0 Å². The zero-order valence-corrected chi connectivity index (χ0v) is 5.40. The number of rotatable bonds is 0. The molecule has 0 aromatic rings. The smallest absolute Gasteiger partial charge is 0 e. The summed E-state index contributed by atoms with van der Waals surface area (Å²) in [6.07, 6.45) is 0.